The number of likely N-dealkylation sites (tertiary alicyclic amines) is 1. The molecule has 216 valence electrons. The number of fused-ring (bicyclic) bond motifs is 2. The molecule has 9 nitrogen and oxygen atoms in total. The quantitative estimate of drug-likeness (QED) is 0.337. The number of aryl methyl sites for hydroxylation is 1. The number of hydrogen-bond acceptors (Lipinski definition) is 8. The van der Waals surface area contributed by atoms with E-state index in [1.54, 1.807) is 6.07 Å². The lowest BCUT2D eigenvalue weighted by atomic mass is 9.98. The molecule has 0 radical (unpaired) electrons. The lowest BCUT2D eigenvalue weighted by molar-refractivity contribution is 0.0876. The predicted molar refractivity (Wildman–Crippen MR) is 154 cm³/mol. The molecule has 11 heteroatoms. The summed E-state index contributed by atoms with van der Waals surface area (Å²) in [4.78, 5) is 22.6. The molecule has 3 aromatic heterocycles. The molecule has 1 saturated heterocycles. The number of benzene rings is 1. The molecule has 2 N–H and O–H groups in total. The molecule has 5 heterocycles. The van der Waals surface area contributed by atoms with Crippen molar-refractivity contribution in [3.63, 3.8) is 0 Å². The molecule has 1 aromatic carbocycles. The first-order chi connectivity index (χ1) is 19.8. The van der Waals surface area contributed by atoms with Gasteiger partial charge in [-0.2, -0.15) is 0 Å². The zero-order valence-corrected chi connectivity index (χ0v) is 23.7. The van der Waals surface area contributed by atoms with E-state index in [9.17, 15) is 9.50 Å². The van der Waals surface area contributed by atoms with Crippen molar-refractivity contribution in [1.29, 1.82) is 0 Å². The molecule has 0 spiro atoms. The Balaban J connectivity index is 1.20. The second kappa shape index (κ2) is 11.4. The number of aliphatic hydroxyl groups excluding tert-OH is 1. The monoisotopic (exact) mass is 562 g/mol. The highest BCUT2D eigenvalue weighted by Gasteiger charge is 2.28. The number of nitrogens with zero attached hydrogens (tertiary/aromatic N) is 7. The van der Waals surface area contributed by atoms with Gasteiger partial charge >= 0.3 is 0 Å². The van der Waals surface area contributed by atoms with Crippen molar-refractivity contribution in [2.45, 2.75) is 58.7 Å². The summed E-state index contributed by atoms with van der Waals surface area (Å²) in [5.74, 6) is 0.315. The summed E-state index contributed by atoms with van der Waals surface area (Å²) in [7, 11) is 0. The summed E-state index contributed by atoms with van der Waals surface area (Å²) in [6, 6.07) is 7.60. The Morgan fingerprint density at radius 3 is 2.61 bits per heavy atom. The van der Waals surface area contributed by atoms with Gasteiger partial charge in [-0.1, -0.05) is 6.07 Å². The highest BCUT2D eigenvalue weighted by Crippen LogP contribution is 2.31. The molecule has 6 rings (SSSR count). The Morgan fingerprint density at radius 1 is 1.05 bits per heavy atom. The van der Waals surface area contributed by atoms with Crippen molar-refractivity contribution in [3.8, 4) is 11.3 Å². The molecule has 2 aliphatic heterocycles. The van der Waals surface area contributed by atoms with Gasteiger partial charge in [-0.05, 0) is 70.5 Å². The average Bonchev–Trinajstić information content (AvgIpc) is 3.31. The van der Waals surface area contributed by atoms with E-state index in [4.69, 9.17) is 4.98 Å². The fourth-order valence-electron chi connectivity index (χ4n) is 6.27. The first-order valence-corrected chi connectivity index (χ1v) is 14.3. The van der Waals surface area contributed by atoms with Crippen molar-refractivity contribution in [3.05, 3.63) is 59.2 Å². The molecule has 0 saturated carbocycles. The van der Waals surface area contributed by atoms with Crippen molar-refractivity contribution in [1.82, 2.24) is 34.3 Å². The van der Waals surface area contributed by atoms with Gasteiger partial charge in [-0.15, -0.1) is 0 Å². The number of aromatic nitrogens is 5. The summed E-state index contributed by atoms with van der Waals surface area (Å²) in [5, 5.41) is 12.3. The molecule has 0 bridgehead atoms. The molecule has 4 aromatic rings. The highest BCUT2D eigenvalue weighted by molar-refractivity contribution is 5.83. The third-order valence-electron chi connectivity index (χ3n) is 8.27. The average molecular weight is 563 g/mol. The molecule has 41 heavy (non-hydrogen) atoms. The van der Waals surface area contributed by atoms with E-state index in [0.29, 0.717) is 28.8 Å². The van der Waals surface area contributed by atoms with Crippen molar-refractivity contribution in [2.75, 3.05) is 38.1 Å². The number of rotatable bonds is 7. The second-order valence-electron chi connectivity index (χ2n) is 11.3. The van der Waals surface area contributed by atoms with E-state index in [1.165, 1.54) is 11.6 Å². The van der Waals surface area contributed by atoms with E-state index in [0.717, 1.165) is 63.9 Å². The first-order valence-electron chi connectivity index (χ1n) is 14.3. The van der Waals surface area contributed by atoms with Crippen LogP contribution in [0.5, 0.6) is 0 Å². The number of aliphatic hydroxyl groups is 1. The number of nitrogens with one attached hydrogen (secondary N) is 1. The van der Waals surface area contributed by atoms with Crippen molar-refractivity contribution in [2.24, 2.45) is 0 Å². The van der Waals surface area contributed by atoms with Crippen LogP contribution in [-0.2, 0) is 13.0 Å². The van der Waals surface area contributed by atoms with Gasteiger partial charge in [0.2, 0.25) is 5.95 Å². The molecule has 0 amide bonds. The number of pyridine rings is 1. The minimum atomic E-state index is -0.637. The number of anilines is 2. The topological polar surface area (TPSA) is 95.2 Å². The molecule has 2 aliphatic rings. The molecule has 1 fully saturated rings. The lowest BCUT2D eigenvalue weighted by Gasteiger charge is -2.40. The third kappa shape index (κ3) is 5.53. The van der Waals surface area contributed by atoms with Crippen LogP contribution >= 0.6 is 0 Å². The van der Waals surface area contributed by atoms with Crippen LogP contribution < -0.4 is 5.32 Å². The maximum Gasteiger partial charge on any atom is 0.229 e. The van der Waals surface area contributed by atoms with Gasteiger partial charge in [0.1, 0.15) is 22.9 Å². The Hall–Kier alpha value is -3.54. The summed E-state index contributed by atoms with van der Waals surface area (Å²) in [6.07, 6.45) is 4.17. The molecule has 0 atom stereocenters. The highest BCUT2D eigenvalue weighted by atomic mass is 19.1. The Kier molecular flexibility index (Phi) is 7.67. The largest absolute Gasteiger partial charge is 0.395 e. The fraction of sp³-hybridized carbons (Fsp3) is 0.467. The Labute approximate surface area is 238 Å². The SMILES string of the molecule is Cc1nc2c(F)cc(-c3nc(Nc4ccc5c(n4)CCN(C4CCN(CCO)CC4)C5)ncc3F)cc2n1C(C)C. The Morgan fingerprint density at radius 2 is 1.85 bits per heavy atom. The second-order valence-corrected chi connectivity index (χ2v) is 11.3. The van der Waals surface area contributed by atoms with E-state index < -0.39 is 11.6 Å². The van der Waals surface area contributed by atoms with Gasteiger partial charge in [-0.25, -0.2) is 28.7 Å². The first kappa shape index (κ1) is 27.6. The number of halogens is 2. The maximum absolute atomic E-state index is 15.0. The van der Waals surface area contributed by atoms with Gasteiger partial charge < -0.3 is 19.9 Å². The predicted octanol–water partition coefficient (Wildman–Crippen LogP) is 4.61. The minimum Gasteiger partial charge on any atom is -0.395 e. The van der Waals surface area contributed by atoms with Gasteiger partial charge in [0.05, 0.1) is 18.3 Å². The molecule has 0 unspecified atom stereocenters. The maximum atomic E-state index is 15.0. The van der Waals surface area contributed by atoms with Crippen LogP contribution in [-0.4, -0.2) is 78.2 Å². The Bertz CT molecular complexity index is 1560. The van der Waals surface area contributed by atoms with Crippen LogP contribution in [0.2, 0.25) is 0 Å². The standard InChI is InChI=1S/C30H36F2N8O/c1-18(2)40-19(3)34-29-23(31)14-21(15-26(29)40)28-24(32)16-33-30(37-28)36-27-5-4-20-17-39(11-8-25(20)35-27)22-6-9-38(10-7-22)12-13-41/h4-5,14-16,18,22,41H,6-13,17H2,1-3H3,(H,33,35,36,37). The van der Waals surface area contributed by atoms with Crippen LogP contribution in [0.15, 0.2) is 30.5 Å². The van der Waals surface area contributed by atoms with Crippen LogP contribution in [0.3, 0.4) is 0 Å². The lowest BCUT2D eigenvalue weighted by Crippen LogP contribution is -2.47. The number of β-amino-alcohol motifs (C(OH)–C–C–N with tert-alkyl or cyclic N) is 1. The van der Waals surface area contributed by atoms with Crippen LogP contribution in [0.25, 0.3) is 22.3 Å². The summed E-state index contributed by atoms with van der Waals surface area (Å²) in [6.45, 7) is 10.7. The summed E-state index contributed by atoms with van der Waals surface area (Å²) < 4.78 is 31.9. The fourth-order valence-corrected chi connectivity index (χ4v) is 6.27. The van der Waals surface area contributed by atoms with Crippen LogP contribution in [0.4, 0.5) is 20.5 Å². The van der Waals surface area contributed by atoms with Crippen LogP contribution in [0.1, 0.15) is 49.8 Å². The van der Waals surface area contributed by atoms with Crippen molar-refractivity contribution >= 4 is 22.8 Å². The van der Waals surface area contributed by atoms with Crippen molar-refractivity contribution < 1.29 is 13.9 Å². The van der Waals surface area contributed by atoms with Crippen LogP contribution in [0, 0.1) is 18.6 Å². The van der Waals surface area contributed by atoms with Gasteiger partial charge in [0.25, 0.3) is 0 Å². The third-order valence-corrected chi connectivity index (χ3v) is 8.27. The molecular weight excluding hydrogens is 526 g/mol. The van der Waals surface area contributed by atoms with E-state index in [-0.39, 0.29) is 29.8 Å². The number of imidazole rings is 1. The molecule has 0 aliphatic carbocycles. The van der Waals surface area contributed by atoms with E-state index >= 15 is 4.39 Å². The number of piperidine rings is 1. The molecular formula is C30H36F2N8O. The minimum absolute atomic E-state index is 0.0103. The van der Waals surface area contributed by atoms with Gasteiger partial charge in [0, 0.05) is 49.4 Å². The van der Waals surface area contributed by atoms with E-state index in [1.807, 2.05) is 31.4 Å². The van der Waals surface area contributed by atoms with Gasteiger partial charge in [0.15, 0.2) is 11.6 Å². The zero-order chi connectivity index (χ0) is 28.7. The van der Waals surface area contributed by atoms with E-state index in [2.05, 4.69) is 36.1 Å². The summed E-state index contributed by atoms with van der Waals surface area (Å²) in [5.41, 5.74) is 3.44. The normalized spacial score (nSPS) is 17.0. The summed E-state index contributed by atoms with van der Waals surface area (Å²) >= 11 is 0. The van der Waals surface area contributed by atoms with Gasteiger partial charge in [-0.3, -0.25) is 4.90 Å². The zero-order valence-electron chi connectivity index (χ0n) is 23.7. The smallest absolute Gasteiger partial charge is 0.229 e. The number of hydrogen-bond donors (Lipinski definition) is 2.